The number of rotatable bonds is 4. The van der Waals surface area contributed by atoms with Gasteiger partial charge in [-0.15, -0.1) is 0 Å². The van der Waals surface area contributed by atoms with Gasteiger partial charge in [-0.2, -0.15) is 0 Å². The lowest BCUT2D eigenvalue weighted by Gasteiger charge is -2.32. The zero-order chi connectivity index (χ0) is 24.2. The van der Waals surface area contributed by atoms with E-state index in [2.05, 4.69) is 5.16 Å². The van der Waals surface area contributed by atoms with Crippen molar-refractivity contribution in [2.24, 2.45) is 5.16 Å². The first-order valence-corrected chi connectivity index (χ1v) is 11.6. The van der Waals surface area contributed by atoms with Crippen molar-refractivity contribution in [1.82, 2.24) is 4.90 Å². The largest absolute Gasteiger partial charge is 0.507 e. The highest BCUT2D eigenvalue weighted by Gasteiger charge is 2.30. The summed E-state index contributed by atoms with van der Waals surface area (Å²) in [6, 6.07) is 1.01. The minimum atomic E-state index is -0.758. The number of likely N-dealkylation sites (tertiary alicyclic amines) is 1. The molecule has 4 aliphatic heterocycles. The third kappa shape index (κ3) is 5.47. The van der Waals surface area contributed by atoms with Gasteiger partial charge in [0.25, 0.3) is 0 Å². The Bertz CT molecular complexity index is 1060. The molecule has 1 aromatic carbocycles. The van der Waals surface area contributed by atoms with E-state index in [1.807, 2.05) is 6.08 Å². The van der Waals surface area contributed by atoms with E-state index in [0.717, 1.165) is 24.7 Å². The number of hydrogen-bond donors (Lipinski definition) is 2. The minimum absolute atomic E-state index is 0.0224. The maximum absolute atomic E-state index is 12.9. The van der Waals surface area contributed by atoms with Crippen LogP contribution in [0.15, 0.2) is 35.2 Å². The quantitative estimate of drug-likeness (QED) is 0.377. The molecule has 4 heterocycles. The molecule has 10 heteroatoms. The first kappa shape index (κ1) is 23.9. The van der Waals surface area contributed by atoms with Gasteiger partial charge in [-0.05, 0) is 31.1 Å². The molecule has 0 saturated carbocycles. The Labute approximate surface area is 202 Å². The van der Waals surface area contributed by atoms with Crippen molar-refractivity contribution >= 4 is 29.2 Å². The van der Waals surface area contributed by atoms with Crippen molar-refractivity contribution in [1.29, 1.82) is 0 Å². The zero-order valence-corrected chi connectivity index (χ0v) is 19.6. The number of halogens is 1. The summed E-state index contributed by atoms with van der Waals surface area (Å²) in [5, 5.41) is 24.7. The molecule has 0 aromatic heterocycles. The first-order valence-electron chi connectivity index (χ1n) is 11.3. The number of fused-ring (bicyclic) bond motifs is 6. The normalized spacial score (nSPS) is 26.5. The molecular weight excluding hydrogens is 464 g/mol. The fourth-order valence-corrected chi connectivity index (χ4v) is 4.41. The third-order valence-corrected chi connectivity index (χ3v) is 6.33. The number of esters is 1. The molecule has 2 bridgehead atoms. The van der Waals surface area contributed by atoms with E-state index in [1.165, 1.54) is 0 Å². The average molecular weight is 491 g/mol. The molecular formula is C24H27ClN2O7. The number of aromatic hydroxyl groups is 2. The van der Waals surface area contributed by atoms with Crippen LogP contribution in [0.2, 0.25) is 5.02 Å². The van der Waals surface area contributed by atoms with Gasteiger partial charge in [0, 0.05) is 38.3 Å². The van der Waals surface area contributed by atoms with Crippen LogP contribution in [0.4, 0.5) is 0 Å². The maximum atomic E-state index is 12.9. The smallest absolute Gasteiger partial charge is 0.342 e. The van der Waals surface area contributed by atoms with Crippen LogP contribution in [0.3, 0.4) is 0 Å². The third-order valence-electron chi connectivity index (χ3n) is 5.91. The predicted octanol–water partition coefficient (Wildman–Crippen LogP) is 3.47. The van der Waals surface area contributed by atoms with Gasteiger partial charge < -0.3 is 29.4 Å². The number of allylic oxidation sites excluding steroid dienone is 3. The molecule has 0 spiro atoms. The fourth-order valence-electron chi connectivity index (χ4n) is 4.19. The summed E-state index contributed by atoms with van der Waals surface area (Å²) in [6.07, 6.45) is 7.32. The molecule has 0 unspecified atom stereocenters. The van der Waals surface area contributed by atoms with E-state index in [0.29, 0.717) is 31.6 Å². The Morgan fingerprint density at radius 2 is 2.06 bits per heavy atom. The van der Waals surface area contributed by atoms with Crippen LogP contribution in [0.1, 0.15) is 48.5 Å². The SMILES string of the molecule is C[C@@H]1C[C@H]2C/C(=C/C=C/C(=N\OCCN3CCCC3=O)Cc3c(Cl)c(O)cc(O)c3C(=O)O1)O2. The number of benzene rings is 1. The van der Waals surface area contributed by atoms with Crippen LogP contribution in [-0.2, 0) is 25.5 Å². The molecule has 5 rings (SSSR count). The number of carbonyl (C=O) groups excluding carboxylic acids is 2. The number of phenols is 2. The second kappa shape index (κ2) is 10.4. The fraction of sp³-hybridized carbons (Fsp3) is 0.458. The van der Waals surface area contributed by atoms with Crippen LogP contribution < -0.4 is 0 Å². The van der Waals surface area contributed by atoms with E-state index < -0.39 is 17.8 Å². The zero-order valence-electron chi connectivity index (χ0n) is 18.8. The van der Waals surface area contributed by atoms with Crippen molar-refractivity contribution in [2.75, 3.05) is 19.7 Å². The van der Waals surface area contributed by atoms with E-state index >= 15 is 0 Å². The van der Waals surface area contributed by atoms with Crippen LogP contribution >= 0.6 is 11.6 Å². The van der Waals surface area contributed by atoms with E-state index in [1.54, 1.807) is 24.0 Å². The van der Waals surface area contributed by atoms with Gasteiger partial charge in [-0.25, -0.2) is 4.79 Å². The van der Waals surface area contributed by atoms with Crippen molar-refractivity contribution in [3.05, 3.63) is 46.2 Å². The average Bonchev–Trinajstić information content (AvgIpc) is 3.16. The Balaban J connectivity index is 1.62. The van der Waals surface area contributed by atoms with Crippen molar-refractivity contribution in [3.8, 4) is 11.5 Å². The van der Waals surface area contributed by atoms with Gasteiger partial charge in [-0.3, -0.25) is 4.79 Å². The van der Waals surface area contributed by atoms with Gasteiger partial charge in [0.2, 0.25) is 5.91 Å². The molecule has 2 atom stereocenters. The van der Waals surface area contributed by atoms with Crippen molar-refractivity contribution in [2.45, 2.75) is 51.2 Å². The topological polar surface area (TPSA) is 118 Å². The van der Waals surface area contributed by atoms with Gasteiger partial charge in [0.1, 0.15) is 41.6 Å². The second-order valence-electron chi connectivity index (χ2n) is 8.55. The van der Waals surface area contributed by atoms with E-state index in [-0.39, 0.29) is 46.9 Å². The number of oxime groups is 1. The number of nitrogens with zero attached hydrogens (tertiary/aromatic N) is 2. The van der Waals surface area contributed by atoms with Gasteiger partial charge in [-0.1, -0.05) is 22.8 Å². The highest BCUT2D eigenvalue weighted by molar-refractivity contribution is 6.33. The minimum Gasteiger partial charge on any atom is -0.507 e. The van der Waals surface area contributed by atoms with E-state index in [4.69, 9.17) is 25.9 Å². The summed E-state index contributed by atoms with van der Waals surface area (Å²) in [5.74, 6) is -0.670. The molecule has 2 N–H and O–H groups in total. The van der Waals surface area contributed by atoms with Crippen LogP contribution in [0, 0.1) is 0 Å². The lowest BCUT2D eigenvalue weighted by Crippen LogP contribution is -2.30. The molecule has 182 valence electrons. The van der Waals surface area contributed by atoms with Gasteiger partial charge >= 0.3 is 5.97 Å². The molecule has 34 heavy (non-hydrogen) atoms. The van der Waals surface area contributed by atoms with Crippen LogP contribution in [-0.4, -0.2) is 64.6 Å². The van der Waals surface area contributed by atoms with Crippen molar-refractivity contribution < 1.29 is 34.1 Å². The van der Waals surface area contributed by atoms with Crippen LogP contribution in [0.5, 0.6) is 11.5 Å². The summed E-state index contributed by atoms with van der Waals surface area (Å²) >= 11 is 6.33. The first-order chi connectivity index (χ1) is 16.3. The Kier molecular flexibility index (Phi) is 7.31. The summed E-state index contributed by atoms with van der Waals surface area (Å²) in [6.45, 7) is 3.07. The van der Waals surface area contributed by atoms with Gasteiger partial charge in [0.15, 0.2) is 0 Å². The number of hydrogen-bond acceptors (Lipinski definition) is 8. The summed E-state index contributed by atoms with van der Waals surface area (Å²) < 4.78 is 11.3. The van der Waals surface area contributed by atoms with Gasteiger partial charge in [0.05, 0.1) is 17.3 Å². The number of phenolic OH excluding ortho intramolecular Hbond substituents is 2. The second-order valence-corrected chi connectivity index (χ2v) is 8.92. The molecule has 9 nitrogen and oxygen atoms in total. The number of amides is 1. The molecule has 4 aliphatic rings. The highest BCUT2D eigenvalue weighted by atomic mass is 35.5. The lowest BCUT2D eigenvalue weighted by atomic mass is 9.98. The molecule has 2 fully saturated rings. The van der Waals surface area contributed by atoms with E-state index in [9.17, 15) is 19.8 Å². The lowest BCUT2D eigenvalue weighted by molar-refractivity contribution is -0.128. The summed E-state index contributed by atoms with van der Waals surface area (Å²) in [4.78, 5) is 31.9. The molecule has 1 aromatic rings. The number of ether oxygens (including phenoxy) is 2. The standard InChI is InChI=1S/C24H27ClN2O7/c1-14-10-17-12-16(34-17)5-2-4-15(26-32-9-8-27-7-3-6-21(27)30)11-18-22(24(31)33-14)19(28)13-20(29)23(18)25/h2,4-5,13-14,17,28-29H,3,6-12H2,1H3/b4-2+,16-5-,26-15+/t14-,17+/m1/s1. The Morgan fingerprint density at radius 1 is 1.26 bits per heavy atom. The molecule has 1 amide bonds. The summed E-state index contributed by atoms with van der Waals surface area (Å²) in [7, 11) is 0. The molecule has 0 radical (unpaired) electrons. The van der Waals surface area contributed by atoms with Crippen molar-refractivity contribution in [3.63, 3.8) is 0 Å². The molecule has 2 saturated heterocycles. The maximum Gasteiger partial charge on any atom is 0.342 e. The highest BCUT2D eigenvalue weighted by Crippen LogP contribution is 2.38. The Hall–Kier alpha value is -3.20. The molecule has 0 aliphatic carbocycles. The van der Waals surface area contributed by atoms with Crippen LogP contribution in [0.25, 0.3) is 0 Å². The number of carbonyl (C=O) groups is 2. The Morgan fingerprint density at radius 3 is 2.79 bits per heavy atom. The summed E-state index contributed by atoms with van der Waals surface area (Å²) in [5.41, 5.74) is 0.414. The predicted molar refractivity (Wildman–Crippen MR) is 124 cm³/mol. The monoisotopic (exact) mass is 490 g/mol.